The van der Waals surface area contributed by atoms with Crippen LogP contribution in [0.25, 0.3) is 10.2 Å². The number of carbonyl (C=O) groups is 1. The third-order valence-electron chi connectivity index (χ3n) is 4.23. The summed E-state index contributed by atoms with van der Waals surface area (Å²) in [4.78, 5) is 29.2. The molecule has 0 atom stereocenters. The molecule has 6 heteroatoms. The Morgan fingerprint density at radius 1 is 1.19 bits per heavy atom. The number of hydrogen-bond donors (Lipinski definition) is 0. The number of rotatable bonds is 5. The zero-order valence-corrected chi connectivity index (χ0v) is 16.0. The molecule has 0 unspecified atom stereocenters. The van der Waals surface area contributed by atoms with Crippen LogP contribution in [0.5, 0.6) is 0 Å². The predicted octanol–water partition coefficient (Wildman–Crippen LogP) is 3.89. The van der Waals surface area contributed by atoms with E-state index in [2.05, 4.69) is 37.9 Å². The number of carbonyl (C=O) groups excluding carboxylic acids is 1. The number of hydrogen-bond acceptors (Lipinski definition) is 5. The molecule has 3 rings (SSSR count). The molecule has 0 amide bonds. The number of ether oxygens (including phenoxy) is 1. The average molecular weight is 370 g/mol. The van der Waals surface area contributed by atoms with Gasteiger partial charge in [0, 0.05) is 6.54 Å². The van der Waals surface area contributed by atoms with E-state index >= 15 is 0 Å². The molecule has 0 saturated carbocycles. The van der Waals surface area contributed by atoms with Gasteiger partial charge in [-0.1, -0.05) is 45.0 Å². The van der Waals surface area contributed by atoms with Gasteiger partial charge in [-0.05, 0) is 28.0 Å². The minimum atomic E-state index is -0.331. The topological polar surface area (TPSA) is 61.2 Å². The van der Waals surface area contributed by atoms with Crippen LogP contribution >= 0.6 is 11.3 Å². The summed E-state index contributed by atoms with van der Waals surface area (Å²) < 4.78 is 6.77. The van der Waals surface area contributed by atoms with Gasteiger partial charge in [0.25, 0.3) is 5.56 Å². The van der Waals surface area contributed by atoms with Crippen molar-refractivity contribution in [1.29, 1.82) is 0 Å². The second-order valence-corrected chi connectivity index (χ2v) is 8.13. The molecule has 0 bridgehead atoms. The maximum atomic E-state index is 12.3. The second kappa shape index (κ2) is 7.41. The van der Waals surface area contributed by atoms with Crippen molar-refractivity contribution in [2.75, 3.05) is 0 Å². The molecule has 3 aromatic rings. The normalized spacial score (nSPS) is 11.7. The van der Waals surface area contributed by atoms with Gasteiger partial charge in [-0.25, -0.2) is 4.98 Å². The van der Waals surface area contributed by atoms with E-state index in [4.69, 9.17) is 4.74 Å². The molecule has 0 spiro atoms. The number of aromatic nitrogens is 2. The zero-order valence-electron chi connectivity index (χ0n) is 15.2. The Bertz CT molecular complexity index is 965. The third-order valence-corrected chi connectivity index (χ3v) is 5.05. The van der Waals surface area contributed by atoms with Crippen LogP contribution in [0.3, 0.4) is 0 Å². The van der Waals surface area contributed by atoms with Crippen molar-refractivity contribution in [3.63, 3.8) is 0 Å². The van der Waals surface area contributed by atoms with Gasteiger partial charge in [0.05, 0.1) is 18.1 Å². The first-order valence-corrected chi connectivity index (χ1v) is 9.40. The van der Waals surface area contributed by atoms with Crippen LogP contribution in [-0.2, 0) is 28.1 Å². The molecule has 0 radical (unpaired) electrons. The zero-order chi connectivity index (χ0) is 18.7. The van der Waals surface area contributed by atoms with Gasteiger partial charge in [-0.3, -0.25) is 14.2 Å². The van der Waals surface area contributed by atoms with Crippen LogP contribution < -0.4 is 5.56 Å². The Morgan fingerprint density at radius 3 is 2.62 bits per heavy atom. The fourth-order valence-corrected chi connectivity index (χ4v) is 3.32. The number of benzene rings is 1. The van der Waals surface area contributed by atoms with E-state index in [1.165, 1.54) is 27.8 Å². The van der Waals surface area contributed by atoms with E-state index in [1.807, 2.05) is 17.5 Å². The molecular weight excluding hydrogens is 348 g/mol. The first-order valence-electron chi connectivity index (χ1n) is 8.52. The number of fused-ring (bicyclic) bond motifs is 1. The minimum absolute atomic E-state index is 0.0973. The molecule has 0 saturated heterocycles. The van der Waals surface area contributed by atoms with E-state index in [9.17, 15) is 9.59 Å². The summed E-state index contributed by atoms with van der Waals surface area (Å²) in [5, 5.41) is 2.42. The lowest BCUT2D eigenvalue weighted by molar-refractivity contribution is -0.145. The van der Waals surface area contributed by atoms with Crippen LogP contribution in [0.1, 0.15) is 38.3 Å². The van der Waals surface area contributed by atoms with Crippen molar-refractivity contribution in [2.24, 2.45) is 0 Å². The van der Waals surface area contributed by atoms with E-state index in [-0.39, 0.29) is 36.5 Å². The maximum Gasteiger partial charge on any atom is 0.307 e. The van der Waals surface area contributed by atoms with Crippen LogP contribution in [0.4, 0.5) is 0 Å². The Morgan fingerprint density at radius 2 is 1.92 bits per heavy atom. The van der Waals surface area contributed by atoms with E-state index < -0.39 is 0 Å². The number of thiophene rings is 1. The number of nitrogens with zero attached hydrogens (tertiary/aromatic N) is 2. The molecular formula is C20H22N2O3S. The van der Waals surface area contributed by atoms with Crippen molar-refractivity contribution in [3.8, 4) is 0 Å². The summed E-state index contributed by atoms with van der Waals surface area (Å²) in [6.07, 6.45) is 1.62. The fraction of sp³-hybridized carbons (Fsp3) is 0.350. The fourth-order valence-electron chi connectivity index (χ4n) is 2.60. The average Bonchev–Trinajstić information content (AvgIpc) is 3.08. The van der Waals surface area contributed by atoms with Crippen LogP contribution in [0.15, 0.2) is 46.8 Å². The maximum absolute atomic E-state index is 12.3. The summed E-state index contributed by atoms with van der Waals surface area (Å²) in [6.45, 7) is 6.98. The molecule has 0 aliphatic heterocycles. The first-order chi connectivity index (χ1) is 12.3. The molecule has 2 aromatic heterocycles. The van der Waals surface area contributed by atoms with Gasteiger partial charge in [0.15, 0.2) is 0 Å². The molecule has 26 heavy (non-hydrogen) atoms. The largest absolute Gasteiger partial charge is 0.461 e. The van der Waals surface area contributed by atoms with E-state index in [1.54, 1.807) is 6.07 Å². The van der Waals surface area contributed by atoms with Gasteiger partial charge in [-0.15, -0.1) is 11.3 Å². The smallest absolute Gasteiger partial charge is 0.307 e. The summed E-state index contributed by atoms with van der Waals surface area (Å²) in [7, 11) is 0. The summed E-state index contributed by atoms with van der Waals surface area (Å²) in [6, 6.07) is 9.83. The van der Waals surface area contributed by atoms with Gasteiger partial charge >= 0.3 is 5.97 Å². The number of esters is 1. The van der Waals surface area contributed by atoms with Crippen LogP contribution in [0.2, 0.25) is 0 Å². The second-order valence-electron chi connectivity index (χ2n) is 7.24. The molecule has 0 aliphatic rings. The molecule has 0 N–H and O–H groups in total. The molecule has 0 fully saturated rings. The highest BCUT2D eigenvalue weighted by molar-refractivity contribution is 7.16. The van der Waals surface area contributed by atoms with Gasteiger partial charge < -0.3 is 4.74 Å². The van der Waals surface area contributed by atoms with Gasteiger partial charge in [-0.2, -0.15) is 0 Å². The van der Waals surface area contributed by atoms with E-state index in [0.29, 0.717) is 10.2 Å². The summed E-state index contributed by atoms with van der Waals surface area (Å²) in [5.74, 6) is -0.331. The monoisotopic (exact) mass is 370 g/mol. The Kier molecular flexibility index (Phi) is 5.23. The predicted molar refractivity (Wildman–Crippen MR) is 103 cm³/mol. The molecule has 136 valence electrons. The molecule has 2 heterocycles. The Hall–Kier alpha value is -2.47. The lowest BCUT2D eigenvalue weighted by Gasteiger charge is -2.19. The van der Waals surface area contributed by atoms with Crippen molar-refractivity contribution in [2.45, 2.75) is 45.8 Å². The molecule has 0 aliphatic carbocycles. The summed E-state index contributed by atoms with van der Waals surface area (Å²) >= 11 is 1.43. The highest BCUT2D eigenvalue weighted by Crippen LogP contribution is 2.22. The van der Waals surface area contributed by atoms with Crippen molar-refractivity contribution in [1.82, 2.24) is 9.55 Å². The van der Waals surface area contributed by atoms with Crippen LogP contribution in [0, 0.1) is 0 Å². The Balaban J connectivity index is 1.54. The van der Waals surface area contributed by atoms with Crippen molar-refractivity contribution in [3.05, 3.63) is 63.5 Å². The SMILES string of the molecule is CC(C)(C)c1ccc(COC(=O)CCn2cnc3sccc3c2=O)cc1. The first kappa shape index (κ1) is 18.3. The minimum Gasteiger partial charge on any atom is -0.461 e. The van der Waals surface area contributed by atoms with Crippen molar-refractivity contribution >= 4 is 27.5 Å². The lowest BCUT2D eigenvalue weighted by Crippen LogP contribution is -2.21. The summed E-state index contributed by atoms with van der Waals surface area (Å²) in [5.41, 5.74) is 2.16. The third kappa shape index (κ3) is 4.19. The van der Waals surface area contributed by atoms with Gasteiger partial charge in [0.1, 0.15) is 11.4 Å². The standard InChI is InChI=1S/C20H22N2O3S/c1-20(2,3)15-6-4-14(5-7-15)12-25-17(23)8-10-22-13-21-18-16(19(22)24)9-11-26-18/h4-7,9,11,13H,8,10,12H2,1-3H3. The highest BCUT2D eigenvalue weighted by Gasteiger charge is 2.13. The quantitative estimate of drug-likeness (QED) is 0.639. The molecule has 5 nitrogen and oxygen atoms in total. The van der Waals surface area contributed by atoms with E-state index in [0.717, 1.165) is 5.56 Å². The Labute approximate surface area is 156 Å². The lowest BCUT2D eigenvalue weighted by atomic mass is 9.87. The highest BCUT2D eigenvalue weighted by atomic mass is 32.1. The number of aryl methyl sites for hydroxylation is 1. The molecule has 1 aromatic carbocycles. The van der Waals surface area contributed by atoms with Crippen LogP contribution in [-0.4, -0.2) is 15.5 Å². The van der Waals surface area contributed by atoms with Gasteiger partial charge in [0.2, 0.25) is 0 Å². The van der Waals surface area contributed by atoms with Crippen molar-refractivity contribution < 1.29 is 9.53 Å².